The molecule has 5 rings (SSSR count). The molecular formula is C32H30F3N3O2SSi. The van der Waals surface area contributed by atoms with Gasteiger partial charge in [0.1, 0.15) is 11.7 Å². The SMILES string of the molecule is C[Si](C)(C)CCOCn1cc(C(=O)c2nc(C(F)(F)F)c(N=C(c3ccccc3)c3ccccc3)s2)c2ccccc21. The van der Waals surface area contributed by atoms with Gasteiger partial charge in [-0.3, -0.25) is 4.79 Å². The Hall–Kier alpha value is -3.86. The second kappa shape index (κ2) is 12.2. The first-order valence-corrected chi connectivity index (χ1v) is 18.0. The number of fused-ring (bicyclic) bond motifs is 1. The van der Waals surface area contributed by atoms with E-state index in [9.17, 15) is 18.0 Å². The standard InChI is InChI=1S/C32H30F3N3O2SSi/c1-42(2,3)19-18-40-21-38-20-25(24-16-10-11-17-26(24)38)28(39)30-37-29(32(33,34)35)31(41-30)36-27(22-12-6-4-7-13-22)23-14-8-5-9-15-23/h4-17,20H,18-19,21H2,1-3H3. The first kappa shape index (κ1) is 29.6. The molecule has 10 heteroatoms. The molecule has 0 saturated carbocycles. The number of ketones is 1. The van der Waals surface area contributed by atoms with E-state index in [1.54, 1.807) is 66.9 Å². The first-order valence-electron chi connectivity index (χ1n) is 13.5. The second-order valence-corrected chi connectivity index (χ2v) is 17.7. The van der Waals surface area contributed by atoms with Crippen LogP contribution in [0, 0.1) is 0 Å². The number of carbonyl (C=O) groups is 1. The summed E-state index contributed by atoms with van der Waals surface area (Å²) in [5, 5.41) is -0.0181. The van der Waals surface area contributed by atoms with Crippen molar-refractivity contribution in [2.45, 2.75) is 38.6 Å². The number of halogens is 3. The number of aromatic nitrogens is 2. The van der Waals surface area contributed by atoms with E-state index in [2.05, 4.69) is 29.6 Å². The number of para-hydroxylation sites is 1. The fourth-order valence-electron chi connectivity index (χ4n) is 4.45. The summed E-state index contributed by atoms with van der Waals surface area (Å²) < 4.78 is 50.4. The van der Waals surface area contributed by atoms with Crippen molar-refractivity contribution >= 4 is 46.8 Å². The van der Waals surface area contributed by atoms with Crippen LogP contribution in [0.25, 0.3) is 10.9 Å². The van der Waals surface area contributed by atoms with Gasteiger partial charge in [0.25, 0.3) is 0 Å². The van der Waals surface area contributed by atoms with E-state index in [0.717, 1.165) is 11.6 Å². The van der Waals surface area contributed by atoms with Gasteiger partial charge in [-0.1, -0.05) is 110 Å². The zero-order chi connectivity index (χ0) is 29.9. The largest absolute Gasteiger partial charge is 0.436 e. The van der Waals surface area contributed by atoms with Crippen molar-refractivity contribution in [3.63, 3.8) is 0 Å². The Labute approximate surface area is 247 Å². The molecular weight excluding hydrogens is 576 g/mol. The van der Waals surface area contributed by atoms with Crippen LogP contribution in [0.3, 0.4) is 0 Å². The number of hydrogen-bond acceptors (Lipinski definition) is 5. The van der Waals surface area contributed by atoms with Crippen LogP contribution in [-0.2, 0) is 17.6 Å². The topological polar surface area (TPSA) is 56.5 Å². The zero-order valence-corrected chi connectivity index (χ0v) is 25.3. The smallest absolute Gasteiger partial charge is 0.361 e. The molecule has 42 heavy (non-hydrogen) atoms. The number of hydrogen-bond donors (Lipinski definition) is 0. The summed E-state index contributed by atoms with van der Waals surface area (Å²) in [5.74, 6) is -0.593. The lowest BCUT2D eigenvalue weighted by Gasteiger charge is -2.15. The van der Waals surface area contributed by atoms with Crippen LogP contribution in [0.1, 0.15) is 32.2 Å². The number of carbonyl (C=O) groups excluding carboxylic acids is 1. The van der Waals surface area contributed by atoms with E-state index >= 15 is 0 Å². The lowest BCUT2D eigenvalue weighted by molar-refractivity contribution is -0.140. The number of alkyl halides is 3. The first-order chi connectivity index (χ1) is 20.0. The van der Waals surface area contributed by atoms with Crippen LogP contribution in [0.15, 0.2) is 96.1 Å². The zero-order valence-electron chi connectivity index (χ0n) is 23.5. The molecule has 0 fully saturated rings. The third kappa shape index (κ3) is 6.78. The van der Waals surface area contributed by atoms with Crippen molar-refractivity contribution < 1.29 is 22.7 Å². The van der Waals surface area contributed by atoms with Crippen molar-refractivity contribution in [1.29, 1.82) is 0 Å². The molecule has 0 radical (unpaired) electrons. The molecule has 2 aromatic heterocycles. The summed E-state index contributed by atoms with van der Waals surface area (Å²) in [5.41, 5.74) is 1.50. The van der Waals surface area contributed by atoms with Gasteiger partial charge in [0.15, 0.2) is 10.7 Å². The van der Waals surface area contributed by atoms with Crippen molar-refractivity contribution in [2.75, 3.05) is 6.61 Å². The van der Waals surface area contributed by atoms with E-state index in [0.29, 0.717) is 40.2 Å². The molecule has 0 N–H and O–H groups in total. The van der Waals surface area contributed by atoms with Crippen LogP contribution < -0.4 is 0 Å². The van der Waals surface area contributed by atoms with E-state index < -0.39 is 25.7 Å². The Balaban J connectivity index is 1.55. The quantitative estimate of drug-likeness (QED) is 0.0692. The highest BCUT2D eigenvalue weighted by Crippen LogP contribution is 2.41. The summed E-state index contributed by atoms with van der Waals surface area (Å²) in [6.45, 7) is 7.63. The number of nitrogens with zero attached hydrogens (tertiary/aromatic N) is 3. The van der Waals surface area contributed by atoms with Gasteiger partial charge in [-0.05, 0) is 12.1 Å². The predicted molar refractivity (Wildman–Crippen MR) is 165 cm³/mol. The van der Waals surface area contributed by atoms with E-state index in [1.165, 1.54) is 0 Å². The highest BCUT2D eigenvalue weighted by Gasteiger charge is 2.39. The number of aliphatic imine (C=N–C) groups is 1. The van der Waals surface area contributed by atoms with Crippen LogP contribution in [0.4, 0.5) is 18.2 Å². The molecule has 5 aromatic rings. The highest BCUT2D eigenvalue weighted by molar-refractivity contribution is 7.17. The second-order valence-electron chi connectivity index (χ2n) is 11.1. The van der Waals surface area contributed by atoms with Gasteiger partial charge in [0.2, 0.25) is 5.78 Å². The van der Waals surface area contributed by atoms with Crippen LogP contribution >= 0.6 is 11.3 Å². The monoisotopic (exact) mass is 605 g/mol. The normalized spacial score (nSPS) is 12.0. The Bertz CT molecular complexity index is 1680. The minimum Gasteiger partial charge on any atom is -0.361 e. The third-order valence-corrected chi connectivity index (χ3v) is 9.29. The molecule has 0 aliphatic rings. The molecule has 3 aromatic carbocycles. The average Bonchev–Trinajstić information content (AvgIpc) is 3.56. The van der Waals surface area contributed by atoms with Crippen molar-refractivity contribution in [3.8, 4) is 0 Å². The highest BCUT2D eigenvalue weighted by atomic mass is 32.1. The Morgan fingerprint density at radius 2 is 1.52 bits per heavy atom. The Morgan fingerprint density at radius 1 is 0.929 bits per heavy atom. The molecule has 0 spiro atoms. The maximum absolute atomic E-state index is 14.2. The van der Waals surface area contributed by atoms with Gasteiger partial charge in [-0.15, -0.1) is 0 Å². The van der Waals surface area contributed by atoms with Gasteiger partial charge < -0.3 is 9.30 Å². The number of ether oxygens (including phenoxy) is 1. The fourth-order valence-corrected chi connectivity index (χ4v) is 6.12. The average molecular weight is 606 g/mol. The molecule has 0 atom stereocenters. The molecule has 0 unspecified atom stereocenters. The summed E-state index contributed by atoms with van der Waals surface area (Å²) >= 11 is 0.645. The predicted octanol–water partition coefficient (Wildman–Crippen LogP) is 8.83. The van der Waals surface area contributed by atoms with Crippen molar-refractivity contribution in [2.24, 2.45) is 4.99 Å². The van der Waals surface area contributed by atoms with Crippen molar-refractivity contribution in [1.82, 2.24) is 9.55 Å². The Kier molecular flexibility index (Phi) is 8.58. The van der Waals surface area contributed by atoms with E-state index in [4.69, 9.17) is 4.74 Å². The molecule has 0 bridgehead atoms. The van der Waals surface area contributed by atoms with Crippen LogP contribution in [0.5, 0.6) is 0 Å². The summed E-state index contributed by atoms with van der Waals surface area (Å²) in [4.78, 5) is 22.0. The maximum Gasteiger partial charge on any atom is 0.436 e. The summed E-state index contributed by atoms with van der Waals surface area (Å²) in [7, 11) is -1.28. The molecule has 0 aliphatic heterocycles. The minimum atomic E-state index is -4.80. The number of rotatable bonds is 10. The lowest BCUT2D eigenvalue weighted by atomic mass is 10.0. The van der Waals surface area contributed by atoms with Gasteiger partial charge in [0.05, 0.1) is 16.8 Å². The summed E-state index contributed by atoms with van der Waals surface area (Å²) in [6, 6.07) is 26.2. The number of thiazole rings is 1. The van der Waals surface area contributed by atoms with Crippen LogP contribution in [-0.4, -0.2) is 35.7 Å². The summed E-state index contributed by atoms with van der Waals surface area (Å²) in [6.07, 6.45) is -3.16. The van der Waals surface area contributed by atoms with E-state index in [1.807, 2.05) is 28.8 Å². The van der Waals surface area contributed by atoms with Gasteiger partial charge >= 0.3 is 6.18 Å². The molecule has 0 aliphatic carbocycles. The lowest BCUT2D eigenvalue weighted by Crippen LogP contribution is -2.21. The maximum atomic E-state index is 14.2. The third-order valence-electron chi connectivity index (χ3n) is 6.64. The molecule has 5 nitrogen and oxygen atoms in total. The van der Waals surface area contributed by atoms with Crippen LogP contribution in [0.2, 0.25) is 25.7 Å². The fraction of sp³-hybridized carbons (Fsp3) is 0.219. The number of benzene rings is 3. The van der Waals surface area contributed by atoms with Gasteiger partial charge in [-0.25, -0.2) is 9.98 Å². The molecule has 2 heterocycles. The minimum absolute atomic E-state index is 0.233. The van der Waals surface area contributed by atoms with Gasteiger partial charge in [-0.2, -0.15) is 13.2 Å². The molecule has 0 amide bonds. The molecule has 0 saturated heterocycles. The van der Waals surface area contributed by atoms with Gasteiger partial charge in [0, 0.05) is 37.4 Å². The Morgan fingerprint density at radius 3 is 2.12 bits per heavy atom. The van der Waals surface area contributed by atoms with E-state index in [-0.39, 0.29) is 22.3 Å². The van der Waals surface area contributed by atoms with Crippen molar-refractivity contribution in [3.05, 3.63) is 119 Å². The molecule has 216 valence electrons.